The second-order valence-corrected chi connectivity index (χ2v) is 28.7. The predicted octanol–water partition coefficient (Wildman–Crippen LogP) is 20.1. The number of rotatable bonds is 70. The molecule has 0 radical (unpaired) electrons. The minimum Gasteiger partial charge on any atom is -0.462 e. The van der Waals surface area contributed by atoms with Crippen molar-refractivity contribution in [2.24, 2.45) is 5.92 Å². The van der Waals surface area contributed by atoms with Gasteiger partial charge in [-0.2, -0.15) is 0 Å². The monoisotopic (exact) mass is 1310 g/mol. The van der Waals surface area contributed by atoms with Crippen LogP contribution in [-0.4, -0.2) is 96.7 Å². The van der Waals surface area contributed by atoms with E-state index in [2.05, 4.69) is 34.6 Å². The molecule has 0 aromatic heterocycles. The number of phosphoric ester groups is 2. The van der Waals surface area contributed by atoms with E-state index in [1.807, 2.05) is 0 Å². The quantitative estimate of drug-likeness (QED) is 0.0222. The van der Waals surface area contributed by atoms with E-state index in [-0.39, 0.29) is 25.7 Å². The first-order valence-electron chi connectivity index (χ1n) is 36.6. The molecule has 0 amide bonds. The summed E-state index contributed by atoms with van der Waals surface area (Å²) in [6, 6.07) is 0. The van der Waals surface area contributed by atoms with Crippen LogP contribution in [0.1, 0.15) is 362 Å². The van der Waals surface area contributed by atoms with Crippen LogP contribution < -0.4 is 0 Å². The lowest BCUT2D eigenvalue weighted by Crippen LogP contribution is -2.30. The van der Waals surface area contributed by atoms with Crippen LogP contribution in [0.4, 0.5) is 0 Å². The average molecular weight is 1310 g/mol. The number of phosphoric acid groups is 2. The van der Waals surface area contributed by atoms with Crippen molar-refractivity contribution in [3.05, 3.63) is 0 Å². The van der Waals surface area contributed by atoms with E-state index in [1.54, 1.807) is 0 Å². The fourth-order valence-corrected chi connectivity index (χ4v) is 12.2. The largest absolute Gasteiger partial charge is 0.472 e. The first-order valence-corrected chi connectivity index (χ1v) is 39.6. The second kappa shape index (κ2) is 63.5. The third-order valence-corrected chi connectivity index (χ3v) is 18.2. The molecule has 89 heavy (non-hydrogen) atoms. The third kappa shape index (κ3) is 64.6. The van der Waals surface area contributed by atoms with Crippen LogP contribution in [0, 0.1) is 5.92 Å². The van der Waals surface area contributed by atoms with Crippen LogP contribution >= 0.6 is 15.6 Å². The molecule has 0 saturated heterocycles. The molecule has 528 valence electrons. The molecule has 0 fully saturated rings. The maximum absolute atomic E-state index is 13.0. The zero-order valence-electron chi connectivity index (χ0n) is 57.6. The molecule has 0 bridgehead atoms. The van der Waals surface area contributed by atoms with Crippen molar-refractivity contribution in [3.8, 4) is 0 Å². The highest BCUT2D eigenvalue weighted by Crippen LogP contribution is 2.45. The Morgan fingerprint density at radius 2 is 0.517 bits per heavy atom. The highest BCUT2D eigenvalue weighted by molar-refractivity contribution is 7.47. The van der Waals surface area contributed by atoms with Gasteiger partial charge in [-0.3, -0.25) is 37.3 Å². The molecular weight excluding hydrogens is 1170 g/mol. The molecule has 0 aliphatic heterocycles. The smallest absolute Gasteiger partial charge is 0.462 e. The minimum atomic E-state index is -4.95. The normalized spacial score (nSPS) is 14.1. The summed E-state index contributed by atoms with van der Waals surface area (Å²) in [5, 5.41) is 10.6. The highest BCUT2D eigenvalue weighted by Gasteiger charge is 2.30. The van der Waals surface area contributed by atoms with Gasteiger partial charge in [0.05, 0.1) is 26.4 Å². The maximum Gasteiger partial charge on any atom is 0.472 e. The molecule has 0 spiro atoms. The summed E-state index contributed by atoms with van der Waals surface area (Å²) in [5.41, 5.74) is 0. The lowest BCUT2D eigenvalue weighted by molar-refractivity contribution is -0.161. The van der Waals surface area contributed by atoms with E-state index in [4.69, 9.17) is 37.0 Å². The first kappa shape index (κ1) is 87.1. The zero-order valence-corrected chi connectivity index (χ0v) is 59.4. The average Bonchev–Trinajstić information content (AvgIpc) is 3.57. The van der Waals surface area contributed by atoms with E-state index >= 15 is 0 Å². The van der Waals surface area contributed by atoms with Crippen molar-refractivity contribution in [1.82, 2.24) is 0 Å². The van der Waals surface area contributed by atoms with Gasteiger partial charge in [-0.1, -0.05) is 311 Å². The Morgan fingerprint density at radius 1 is 0.303 bits per heavy atom. The molecule has 2 unspecified atom stereocenters. The van der Waals surface area contributed by atoms with Crippen LogP contribution in [0.25, 0.3) is 0 Å². The number of carbonyl (C=O) groups excluding carboxylic acids is 4. The lowest BCUT2D eigenvalue weighted by Gasteiger charge is -2.21. The molecule has 3 N–H and O–H groups in total. The molecule has 17 nitrogen and oxygen atoms in total. The van der Waals surface area contributed by atoms with Crippen LogP contribution in [0.3, 0.4) is 0 Å². The number of hydrogen-bond donors (Lipinski definition) is 3. The van der Waals surface area contributed by atoms with E-state index in [0.29, 0.717) is 31.6 Å². The Kier molecular flexibility index (Phi) is 62.1. The van der Waals surface area contributed by atoms with Crippen LogP contribution in [0.5, 0.6) is 0 Å². The summed E-state index contributed by atoms with van der Waals surface area (Å²) in [7, 11) is -9.89. The molecule has 0 heterocycles. The third-order valence-electron chi connectivity index (χ3n) is 16.3. The number of carbonyl (C=O) groups is 4. The van der Waals surface area contributed by atoms with Gasteiger partial charge >= 0.3 is 39.5 Å². The van der Waals surface area contributed by atoms with E-state index in [0.717, 1.165) is 96.3 Å². The molecule has 0 aromatic carbocycles. The van der Waals surface area contributed by atoms with Gasteiger partial charge in [0, 0.05) is 25.7 Å². The molecule has 0 rings (SSSR count). The molecule has 0 aliphatic rings. The van der Waals surface area contributed by atoms with E-state index < -0.39 is 97.5 Å². The molecule has 5 atom stereocenters. The number of aliphatic hydroxyl groups is 1. The second-order valence-electron chi connectivity index (χ2n) is 25.7. The SMILES string of the molecule is CCCCCCCCCCCCCCCCCCCCCCC(=O)O[C@H](COC(=O)CCCCCCCCCC(C)C)COP(=O)(O)OC[C@@H](O)COP(=O)(O)OC[C@@H](COC(=O)CCCCCCCCCCC)OC(=O)CCCCCCCCCCCC. The molecule has 19 heteroatoms. The summed E-state index contributed by atoms with van der Waals surface area (Å²) in [4.78, 5) is 72.4. The van der Waals surface area contributed by atoms with Crippen LogP contribution in [0.2, 0.25) is 0 Å². The van der Waals surface area contributed by atoms with Gasteiger partial charge in [0.15, 0.2) is 12.2 Å². The first-order chi connectivity index (χ1) is 43.0. The minimum absolute atomic E-state index is 0.106. The summed E-state index contributed by atoms with van der Waals surface area (Å²) in [6.45, 7) is 7.16. The van der Waals surface area contributed by atoms with Gasteiger partial charge in [0.2, 0.25) is 0 Å². The highest BCUT2D eigenvalue weighted by atomic mass is 31.2. The topological polar surface area (TPSA) is 237 Å². The maximum atomic E-state index is 13.0. The molecule has 0 aliphatic carbocycles. The van der Waals surface area contributed by atoms with Crippen molar-refractivity contribution in [2.45, 2.75) is 380 Å². The molecular formula is C70H136O17P2. The fraction of sp³-hybridized carbons (Fsp3) is 0.943. The van der Waals surface area contributed by atoms with Gasteiger partial charge in [-0.15, -0.1) is 0 Å². The number of unbranched alkanes of at least 4 members (excludes halogenated alkanes) is 42. The van der Waals surface area contributed by atoms with Gasteiger partial charge in [0.25, 0.3) is 0 Å². The number of ether oxygens (including phenoxy) is 4. The standard InChI is InChI=1S/C70H136O17P2/c1-6-9-12-15-18-21-23-24-25-26-27-28-29-30-31-32-35-40-46-51-56-70(75)87-66(60-81-68(73)54-49-44-41-36-37-42-47-52-63(4)5)62-85-89(78,79)83-58-64(71)57-82-88(76,77)84-61-65(59-80-67(72)53-48-43-38-33-20-17-14-11-8-3)86-69(74)55-50-45-39-34-22-19-16-13-10-7-2/h63-66,71H,6-62H2,1-5H3,(H,76,77)(H,78,79)/t64-,65+,66+/m0/s1. The zero-order chi connectivity index (χ0) is 65.6. The lowest BCUT2D eigenvalue weighted by atomic mass is 10.0. The Balaban J connectivity index is 5.15. The van der Waals surface area contributed by atoms with Crippen molar-refractivity contribution in [1.29, 1.82) is 0 Å². The fourth-order valence-electron chi connectivity index (χ4n) is 10.6. The van der Waals surface area contributed by atoms with E-state index in [1.165, 1.54) is 180 Å². The number of aliphatic hydroxyl groups excluding tert-OH is 1. The van der Waals surface area contributed by atoms with Gasteiger partial charge in [-0.05, 0) is 31.6 Å². The Hall–Kier alpha value is -1.94. The summed E-state index contributed by atoms with van der Waals surface area (Å²) in [6.07, 6.45) is 50.2. The van der Waals surface area contributed by atoms with Crippen molar-refractivity contribution >= 4 is 39.5 Å². The van der Waals surface area contributed by atoms with Crippen LogP contribution in [-0.2, 0) is 65.4 Å². The Labute approximate surface area is 543 Å². The summed E-state index contributed by atoms with van der Waals surface area (Å²) < 4.78 is 68.2. The predicted molar refractivity (Wildman–Crippen MR) is 358 cm³/mol. The van der Waals surface area contributed by atoms with E-state index in [9.17, 15) is 43.2 Å². The summed E-state index contributed by atoms with van der Waals surface area (Å²) in [5.74, 6) is -1.42. The Bertz CT molecular complexity index is 1720. The van der Waals surface area contributed by atoms with Crippen molar-refractivity contribution < 1.29 is 80.2 Å². The van der Waals surface area contributed by atoms with Crippen LogP contribution in [0.15, 0.2) is 0 Å². The van der Waals surface area contributed by atoms with Crippen molar-refractivity contribution in [3.63, 3.8) is 0 Å². The van der Waals surface area contributed by atoms with Gasteiger partial charge in [0.1, 0.15) is 19.3 Å². The number of esters is 4. The van der Waals surface area contributed by atoms with Gasteiger partial charge in [-0.25, -0.2) is 9.13 Å². The van der Waals surface area contributed by atoms with Gasteiger partial charge < -0.3 is 33.8 Å². The summed E-state index contributed by atoms with van der Waals surface area (Å²) >= 11 is 0. The number of hydrogen-bond acceptors (Lipinski definition) is 15. The Morgan fingerprint density at radius 3 is 0.764 bits per heavy atom. The molecule has 0 aromatic rings. The van der Waals surface area contributed by atoms with Crippen molar-refractivity contribution in [2.75, 3.05) is 39.6 Å². The molecule has 0 saturated carbocycles.